The number of aromatic nitrogens is 1. The zero-order valence-corrected chi connectivity index (χ0v) is 9.85. The lowest BCUT2D eigenvalue weighted by Crippen LogP contribution is -2.29. The molecule has 3 nitrogen and oxygen atoms in total. The van der Waals surface area contributed by atoms with Gasteiger partial charge in [0.1, 0.15) is 5.82 Å². The number of pyridine rings is 1. The summed E-state index contributed by atoms with van der Waals surface area (Å²) in [5, 5.41) is 9.54. The van der Waals surface area contributed by atoms with Crippen molar-refractivity contribution in [2.75, 3.05) is 18.0 Å². The molecule has 86 valence electrons. The maximum Gasteiger partial charge on any atom is 0.129 e. The van der Waals surface area contributed by atoms with Crippen LogP contribution in [0.5, 0.6) is 0 Å². The van der Waals surface area contributed by atoms with E-state index in [4.69, 9.17) is 0 Å². The van der Waals surface area contributed by atoms with Gasteiger partial charge >= 0.3 is 0 Å². The molecule has 1 atom stereocenters. The number of hydrogen-bond acceptors (Lipinski definition) is 3. The van der Waals surface area contributed by atoms with Crippen LogP contribution in [0.1, 0.15) is 31.9 Å². The molecule has 16 heavy (non-hydrogen) atoms. The van der Waals surface area contributed by atoms with E-state index in [0.29, 0.717) is 0 Å². The van der Waals surface area contributed by atoms with Crippen molar-refractivity contribution in [1.82, 2.24) is 4.98 Å². The van der Waals surface area contributed by atoms with Crippen molar-refractivity contribution in [2.45, 2.75) is 26.4 Å². The number of aliphatic hydroxyl groups excluding tert-OH is 1. The minimum Gasteiger partial charge on any atom is -0.389 e. The number of hydrogen-bond donors (Lipinski definition) is 1. The third-order valence-electron chi connectivity index (χ3n) is 2.91. The molecule has 1 aliphatic heterocycles. The average Bonchev–Trinajstić information content (AvgIpc) is 2.29. The second-order valence-corrected chi connectivity index (χ2v) is 4.38. The van der Waals surface area contributed by atoms with Gasteiger partial charge in [-0.25, -0.2) is 4.98 Å². The Morgan fingerprint density at radius 3 is 3.00 bits per heavy atom. The molecule has 1 aromatic rings. The Labute approximate surface area is 96.4 Å². The van der Waals surface area contributed by atoms with E-state index in [0.717, 1.165) is 30.9 Å². The molecule has 0 aromatic carbocycles. The lowest BCUT2D eigenvalue weighted by atomic mass is 10.1. The third-order valence-corrected chi connectivity index (χ3v) is 2.91. The standard InChI is InChI=1S/C13H18N2O/c1-10-4-3-7-15(9-10)13-8-12(11(2)16)5-6-14-13/h4-6,8,11,16H,3,7,9H2,1-2H3/t11-/m0/s1. The molecule has 2 rings (SSSR count). The Morgan fingerprint density at radius 2 is 2.31 bits per heavy atom. The molecule has 1 aliphatic rings. The predicted octanol–water partition coefficient (Wildman–Crippen LogP) is 2.29. The first-order chi connectivity index (χ1) is 7.66. The van der Waals surface area contributed by atoms with Gasteiger partial charge in [0.15, 0.2) is 0 Å². The summed E-state index contributed by atoms with van der Waals surface area (Å²) in [6.07, 6.45) is 4.69. The van der Waals surface area contributed by atoms with Crippen LogP contribution in [0.15, 0.2) is 30.0 Å². The molecule has 3 heteroatoms. The van der Waals surface area contributed by atoms with Crippen molar-refractivity contribution < 1.29 is 5.11 Å². The van der Waals surface area contributed by atoms with E-state index in [9.17, 15) is 5.11 Å². The van der Waals surface area contributed by atoms with Gasteiger partial charge in [-0.1, -0.05) is 11.6 Å². The molecule has 0 fully saturated rings. The maximum atomic E-state index is 9.54. The topological polar surface area (TPSA) is 36.4 Å². The highest BCUT2D eigenvalue weighted by Crippen LogP contribution is 2.21. The van der Waals surface area contributed by atoms with Gasteiger partial charge in [0, 0.05) is 19.3 Å². The van der Waals surface area contributed by atoms with Crippen LogP contribution >= 0.6 is 0 Å². The van der Waals surface area contributed by atoms with Crippen molar-refractivity contribution in [3.05, 3.63) is 35.5 Å². The summed E-state index contributed by atoms with van der Waals surface area (Å²) in [7, 11) is 0. The maximum absolute atomic E-state index is 9.54. The van der Waals surface area contributed by atoms with Gasteiger partial charge in [-0.05, 0) is 38.0 Å². The van der Waals surface area contributed by atoms with Crippen LogP contribution in [-0.2, 0) is 0 Å². The van der Waals surface area contributed by atoms with Crippen LogP contribution in [0.25, 0.3) is 0 Å². The summed E-state index contributed by atoms with van der Waals surface area (Å²) in [5.74, 6) is 0.964. The van der Waals surface area contributed by atoms with E-state index in [1.54, 1.807) is 13.1 Å². The second kappa shape index (κ2) is 4.66. The van der Waals surface area contributed by atoms with Gasteiger partial charge in [-0.2, -0.15) is 0 Å². The lowest BCUT2D eigenvalue weighted by Gasteiger charge is -2.27. The number of nitrogens with zero attached hydrogens (tertiary/aromatic N) is 2. The molecular formula is C13H18N2O. The van der Waals surface area contributed by atoms with Crippen LogP contribution in [0, 0.1) is 0 Å². The van der Waals surface area contributed by atoms with Crippen molar-refractivity contribution in [1.29, 1.82) is 0 Å². The highest BCUT2D eigenvalue weighted by Gasteiger charge is 2.12. The van der Waals surface area contributed by atoms with Crippen LogP contribution in [-0.4, -0.2) is 23.2 Å². The summed E-state index contributed by atoms with van der Waals surface area (Å²) in [5.41, 5.74) is 2.31. The van der Waals surface area contributed by atoms with E-state index < -0.39 is 6.10 Å². The fourth-order valence-corrected chi connectivity index (χ4v) is 1.97. The fourth-order valence-electron chi connectivity index (χ4n) is 1.97. The Morgan fingerprint density at radius 1 is 1.50 bits per heavy atom. The first-order valence-corrected chi connectivity index (χ1v) is 5.71. The normalized spacial score (nSPS) is 18.2. The lowest BCUT2D eigenvalue weighted by molar-refractivity contribution is 0.199. The largest absolute Gasteiger partial charge is 0.389 e. The quantitative estimate of drug-likeness (QED) is 0.774. The van der Waals surface area contributed by atoms with Gasteiger partial charge in [-0.15, -0.1) is 0 Å². The highest BCUT2D eigenvalue weighted by atomic mass is 16.3. The monoisotopic (exact) mass is 218 g/mol. The van der Waals surface area contributed by atoms with Crippen molar-refractivity contribution in [2.24, 2.45) is 0 Å². The van der Waals surface area contributed by atoms with Gasteiger partial charge in [0.25, 0.3) is 0 Å². The number of aliphatic hydroxyl groups is 1. The van der Waals surface area contributed by atoms with E-state index in [1.165, 1.54) is 5.57 Å². The van der Waals surface area contributed by atoms with Crippen LogP contribution < -0.4 is 4.90 Å². The SMILES string of the molecule is CC1=CCCN(c2cc([C@H](C)O)ccn2)C1. The summed E-state index contributed by atoms with van der Waals surface area (Å²) >= 11 is 0. The molecule has 2 heterocycles. The van der Waals surface area contributed by atoms with Gasteiger partial charge < -0.3 is 10.0 Å². The molecule has 1 aromatic heterocycles. The van der Waals surface area contributed by atoms with E-state index >= 15 is 0 Å². The van der Waals surface area contributed by atoms with Crippen molar-refractivity contribution >= 4 is 5.82 Å². The summed E-state index contributed by atoms with van der Waals surface area (Å²) < 4.78 is 0. The number of anilines is 1. The molecule has 0 saturated heterocycles. The van der Waals surface area contributed by atoms with Gasteiger partial charge in [0.05, 0.1) is 6.10 Å². The molecule has 0 radical (unpaired) electrons. The Balaban J connectivity index is 2.20. The van der Waals surface area contributed by atoms with E-state index in [-0.39, 0.29) is 0 Å². The predicted molar refractivity (Wildman–Crippen MR) is 65.5 cm³/mol. The smallest absolute Gasteiger partial charge is 0.129 e. The summed E-state index contributed by atoms with van der Waals surface area (Å²) in [4.78, 5) is 6.62. The van der Waals surface area contributed by atoms with E-state index in [1.807, 2.05) is 12.1 Å². The summed E-state index contributed by atoms with van der Waals surface area (Å²) in [6, 6.07) is 3.84. The van der Waals surface area contributed by atoms with Gasteiger partial charge in [-0.3, -0.25) is 0 Å². The second-order valence-electron chi connectivity index (χ2n) is 4.38. The zero-order valence-electron chi connectivity index (χ0n) is 9.85. The fraction of sp³-hybridized carbons (Fsp3) is 0.462. The van der Waals surface area contributed by atoms with Crippen LogP contribution in [0.4, 0.5) is 5.82 Å². The Bertz CT molecular complexity index is 399. The van der Waals surface area contributed by atoms with Gasteiger partial charge in [0.2, 0.25) is 0 Å². The van der Waals surface area contributed by atoms with E-state index in [2.05, 4.69) is 22.9 Å². The molecular weight excluding hydrogens is 200 g/mol. The molecule has 0 saturated carbocycles. The Kier molecular flexibility index (Phi) is 3.25. The summed E-state index contributed by atoms with van der Waals surface area (Å²) in [6.45, 7) is 5.87. The number of rotatable bonds is 2. The van der Waals surface area contributed by atoms with Crippen molar-refractivity contribution in [3.8, 4) is 0 Å². The zero-order chi connectivity index (χ0) is 11.5. The molecule has 0 unspecified atom stereocenters. The van der Waals surface area contributed by atoms with Crippen LogP contribution in [0.2, 0.25) is 0 Å². The molecule has 0 amide bonds. The first-order valence-electron chi connectivity index (χ1n) is 5.71. The van der Waals surface area contributed by atoms with Crippen molar-refractivity contribution in [3.63, 3.8) is 0 Å². The molecule has 1 N–H and O–H groups in total. The first kappa shape index (κ1) is 11.1. The molecule has 0 bridgehead atoms. The average molecular weight is 218 g/mol. The molecule has 0 spiro atoms. The third kappa shape index (κ3) is 2.42. The minimum atomic E-state index is -0.428. The van der Waals surface area contributed by atoms with Crippen LogP contribution in [0.3, 0.4) is 0 Å². The Hall–Kier alpha value is -1.35. The molecule has 0 aliphatic carbocycles. The minimum absolute atomic E-state index is 0.428. The highest BCUT2D eigenvalue weighted by molar-refractivity contribution is 5.44.